The number of halogens is 1. The van der Waals surface area contributed by atoms with Crippen molar-refractivity contribution in [3.8, 4) is 0 Å². The summed E-state index contributed by atoms with van der Waals surface area (Å²) in [5, 5.41) is 0. The Morgan fingerprint density at radius 1 is 1.35 bits per heavy atom. The third-order valence-corrected chi connectivity index (χ3v) is 5.09. The molecule has 3 atom stereocenters. The van der Waals surface area contributed by atoms with Gasteiger partial charge in [0.1, 0.15) is 5.82 Å². The molecule has 2 N–H and O–H groups in total. The minimum absolute atomic E-state index is 0.108. The summed E-state index contributed by atoms with van der Waals surface area (Å²) >= 11 is 0. The number of nitrogens with zero attached hydrogens (tertiary/aromatic N) is 1. The summed E-state index contributed by atoms with van der Waals surface area (Å²) < 4.78 is 14.2. The van der Waals surface area contributed by atoms with Crippen LogP contribution in [-0.2, 0) is 0 Å². The van der Waals surface area contributed by atoms with Gasteiger partial charge in [-0.15, -0.1) is 0 Å². The third kappa shape index (κ3) is 2.56. The molecule has 1 aromatic carbocycles. The second kappa shape index (κ2) is 6.13. The van der Waals surface area contributed by atoms with Crippen LogP contribution < -0.4 is 10.6 Å². The highest BCUT2D eigenvalue weighted by atomic mass is 19.1. The molecule has 2 rings (SSSR count). The van der Waals surface area contributed by atoms with E-state index in [0.717, 1.165) is 18.9 Å². The van der Waals surface area contributed by atoms with Crippen LogP contribution in [0.15, 0.2) is 24.3 Å². The Kier molecular flexibility index (Phi) is 4.69. The van der Waals surface area contributed by atoms with E-state index in [4.69, 9.17) is 5.73 Å². The molecule has 20 heavy (non-hydrogen) atoms. The zero-order valence-corrected chi connectivity index (χ0v) is 12.9. The number of benzene rings is 1. The first-order valence-electron chi connectivity index (χ1n) is 7.77. The van der Waals surface area contributed by atoms with Crippen molar-refractivity contribution in [2.75, 3.05) is 18.0 Å². The molecule has 1 aromatic rings. The summed E-state index contributed by atoms with van der Waals surface area (Å²) in [6.07, 6.45) is 3.39. The number of likely N-dealkylation sites (N-methyl/N-ethyl adjacent to an activating group) is 1. The molecular weight excluding hydrogens is 251 g/mol. The minimum Gasteiger partial charge on any atom is -0.362 e. The molecule has 0 saturated heterocycles. The Bertz CT molecular complexity index is 448. The number of anilines is 1. The van der Waals surface area contributed by atoms with Crippen molar-refractivity contribution in [2.45, 2.75) is 45.6 Å². The standard InChI is InChI=1S/C17H27FN2/c1-4-20(16-8-6-5-7-15(16)18)17(12-19)10-9-13(2)11-14(17)3/h5-8,13-14H,4,9-12,19H2,1-3H3. The van der Waals surface area contributed by atoms with Crippen molar-refractivity contribution in [3.05, 3.63) is 30.1 Å². The quantitative estimate of drug-likeness (QED) is 0.907. The first-order valence-corrected chi connectivity index (χ1v) is 7.77. The molecule has 1 aliphatic carbocycles. The lowest BCUT2D eigenvalue weighted by Crippen LogP contribution is -2.60. The predicted octanol–water partition coefficient (Wildman–Crippen LogP) is 3.81. The number of hydrogen-bond acceptors (Lipinski definition) is 2. The highest BCUT2D eigenvalue weighted by molar-refractivity contribution is 5.51. The van der Waals surface area contributed by atoms with Gasteiger partial charge < -0.3 is 10.6 Å². The second-order valence-corrected chi connectivity index (χ2v) is 6.28. The van der Waals surface area contributed by atoms with E-state index in [1.165, 1.54) is 12.8 Å². The maximum Gasteiger partial charge on any atom is 0.146 e. The van der Waals surface area contributed by atoms with E-state index in [9.17, 15) is 4.39 Å². The molecule has 0 radical (unpaired) electrons. The number of rotatable bonds is 4. The van der Waals surface area contributed by atoms with Crippen LogP contribution in [0.1, 0.15) is 40.0 Å². The molecule has 0 bridgehead atoms. The summed E-state index contributed by atoms with van der Waals surface area (Å²) in [7, 11) is 0. The zero-order chi connectivity index (χ0) is 14.8. The van der Waals surface area contributed by atoms with Crippen LogP contribution in [0, 0.1) is 17.7 Å². The molecule has 0 heterocycles. The number of para-hydroxylation sites is 1. The van der Waals surface area contributed by atoms with Gasteiger partial charge in [0.15, 0.2) is 0 Å². The summed E-state index contributed by atoms with van der Waals surface area (Å²) in [4.78, 5) is 2.21. The minimum atomic E-state index is -0.145. The first kappa shape index (κ1) is 15.3. The van der Waals surface area contributed by atoms with Crippen LogP contribution in [0.2, 0.25) is 0 Å². The van der Waals surface area contributed by atoms with E-state index in [1.54, 1.807) is 12.1 Å². The summed E-state index contributed by atoms with van der Waals surface area (Å²) in [6, 6.07) is 7.06. The lowest BCUT2D eigenvalue weighted by Gasteiger charge is -2.52. The van der Waals surface area contributed by atoms with Gasteiger partial charge in [0, 0.05) is 13.1 Å². The molecule has 1 saturated carbocycles. The molecule has 3 unspecified atom stereocenters. The Balaban J connectivity index is 2.40. The van der Waals surface area contributed by atoms with Crippen LogP contribution in [0.3, 0.4) is 0 Å². The average Bonchev–Trinajstić information content (AvgIpc) is 2.44. The smallest absolute Gasteiger partial charge is 0.146 e. The van der Waals surface area contributed by atoms with Crippen molar-refractivity contribution in [1.82, 2.24) is 0 Å². The van der Waals surface area contributed by atoms with E-state index in [-0.39, 0.29) is 11.4 Å². The summed E-state index contributed by atoms with van der Waals surface area (Å²) in [6.45, 7) is 8.04. The molecule has 2 nitrogen and oxygen atoms in total. The molecule has 1 aliphatic rings. The lowest BCUT2D eigenvalue weighted by molar-refractivity contribution is 0.159. The van der Waals surface area contributed by atoms with E-state index in [1.807, 2.05) is 12.1 Å². The second-order valence-electron chi connectivity index (χ2n) is 6.28. The van der Waals surface area contributed by atoms with Gasteiger partial charge in [-0.1, -0.05) is 26.0 Å². The van der Waals surface area contributed by atoms with Crippen LogP contribution in [0.4, 0.5) is 10.1 Å². The topological polar surface area (TPSA) is 29.3 Å². The Morgan fingerprint density at radius 3 is 2.60 bits per heavy atom. The van der Waals surface area contributed by atoms with E-state index < -0.39 is 0 Å². The predicted molar refractivity (Wildman–Crippen MR) is 83.4 cm³/mol. The molecular formula is C17H27FN2. The van der Waals surface area contributed by atoms with Gasteiger partial charge in [0.2, 0.25) is 0 Å². The summed E-state index contributed by atoms with van der Waals surface area (Å²) in [5.41, 5.74) is 6.76. The fourth-order valence-corrected chi connectivity index (χ4v) is 3.89. The van der Waals surface area contributed by atoms with Gasteiger partial charge in [-0.2, -0.15) is 0 Å². The average molecular weight is 278 g/mol. The molecule has 0 aromatic heterocycles. The van der Waals surface area contributed by atoms with E-state index >= 15 is 0 Å². The molecule has 0 spiro atoms. The maximum absolute atomic E-state index is 14.2. The maximum atomic E-state index is 14.2. The largest absolute Gasteiger partial charge is 0.362 e. The van der Waals surface area contributed by atoms with Crippen LogP contribution in [0.5, 0.6) is 0 Å². The van der Waals surface area contributed by atoms with Crippen LogP contribution >= 0.6 is 0 Å². The molecule has 0 amide bonds. The lowest BCUT2D eigenvalue weighted by atomic mass is 9.68. The van der Waals surface area contributed by atoms with Gasteiger partial charge in [-0.3, -0.25) is 0 Å². The van der Waals surface area contributed by atoms with Crippen molar-refractivity contribution in [1.29, 1.82) is 0 Å². The van der Waals surface area contributed by atoms with E-state index in [2.05, 4.69) is 25.7 Å². The Hall–Kier alpha value is -1.09. The van der Waals surface area contributed by atoms with Gasteiger partial charge in [0.25, 0.3) is 0 Å². The Morgan fingerprint density at radius 2 is 2.05 bits per heavy atom. The Labute approximate surface area is 122 Å². The highest BCUT2D eigenvalue weighted by Crippen LogP contribution is 2.42. The van der Waals surface area contributed by atoms with Crippen molar-refractivity contribution in [3.63, 3.8) is 0 Å². The highest BCUT2D eigenvalue weighted by Gasteiger charge is 2.43. The van der Waals surface area contributed by atoms with Crippen molar-refractivity contribution in [2.24, 2.45) is 17.6 Å². The van der Waals surface area contributed by atoms with Crippen molar-refractivity contribution < 1.29 is 4.39 Å². The van der Waals surface area contributed by atoms with Gasteiger partial charge in [-0.05, 0) is 50.2 Å². The fraction of sp³-hybridized carbons (Fsp3) is 0.647. The summed E-state index contributed by atoms with van der Waals surface area (Å²) in [5.74, 6) is 1.08. The normalized spacial score (nSPS) is 30.2. The fourth-order valence-electron chi connectivity index (χ4n) is 3.89. The van der Waals surface area contributed by atoms with E-state index in [0.29, 0.717) is 18.2 Å². The number of nitrogens with two attached hydrogens (primary N) is 1. The molecule has 1 fully saturated rings. The monoisotopic (exact) mass is 278 g/mol. The van der Waals surface area contributed by atoms with Gasteiger partial charge in [0.05, 0.1) is 11.2 Å². The third-order valence-electron chi connectivity index (χ3n) is 5.09. The molecule has 0 aliphatic heterocycles. The molecule has 3 heteroatoms. The SMILES string of the molecule is CCN(c1ccccc1F)C1(CN)CCC(C)CC1C. The first-order chi connectivity index (χ1) is 9.55. The van der Waals surface area contributed by atoms with Crippen molar-refractivity contribution >= 4 is 5.69 Å². The van der Waals surface area contributed by atoms with Crippen LogP contribution in [-0.4, -0.2) is 18.6 Å². The number of hydrogen-bond donors (Lipinski definition) is 1. The van der Waals surface area contributed by atoms with Crippen LogP contribution in [0.25, 0.3) is 0 Å². The molecule has 112 valence electrons. The van der Waals surface area contributed by atoms with Gasteiger partial charge in [-0.25, -0.2) is 4.39 Å². The van der Waals surface area contributed by atoms with Gasteiger partial charge >= 0.3 is 0 Å². The zero-order valence-electron chi connectivity index (χ0n) is 12.9.